The maximum atomic E-state index is 11.6. The van der Waals surface area contributed by atoms with Crippen LogP contribution in [0.4, 0.5) is 4.79 Å². The highest BCUT2D eigenvalue weighted by molar-refractivity contribution is 5.87. The molecule has 1 aromatic carbocycles. The van der Waals surface area contributed by atoms with Gasteiger partial charge in [0.1, 0.15) is 11.4 Å². The van der Waals surface area contributed by atoms with E-state index in [1.165, 1.54) is 24.3 Å². The molecule has 8 heteroatoms. The van der Waals surface area contributed by atoms with Gasteiger partial charge in [0, 0.05) is 6.54 Å². The van der Waals surface area contributed by atoms with Crippen molar-refractivity contribution in [2.24, 2.45) is 0 Å². The quantitative estimate of drug-likeness (QED) is 0.419. The van der Waals surface area contributed by atoms with Gasteiger partial charge in [-0.05, 0) is 45.0 Å². The van der Waals surface area contributed by atoms with E-state index in [2.05, 4.69) is 5.32 Å². The average Bonchev–Trinajstić information content (AvgIpc) is 2.49. The average molecular weight is 353 g/mol. The fraction of sp³-hybridized carbons (Fsp3) is 0.471. The lowest BCUT2D eigenvalue weighted by Crippen LogP contribution is -2.34. The second-order valence-electron chi connectivity index (χ2n) is 6.09. The van der Waals surface area contributed by atoms with Gasteiger partial charge >= 0.3 is 18.0 Å². The molecule has 0 fully saturated rings. The first-order valence-corrected chi connectivity index (χ1v) is 7.76. The van der Waals surface area contributed by atoms with Crippen molar-refractivity contribution in [2.45, 2.75) is 32.8 Å². The highest BCUT2D eigenvalue weighted by Crippen LogP contribution is 2.13. The van der Waals surface area contributed by atoms with E-state index in [9.17, 15) is 14.4 Å². The van der Waals surface area contributed by atoms with Crippen molar-refractivity contribution in [2.75, 3.05) is 19.8 Å². The number of amides is 1. The van der Waals surface area contributed by atoms with Gasteiger partial charge in [-0.1, -0.05) is 0 Å². The van der Waals surface area contributed by atoms with E-state index in [0.717, 1.165) is 0 Å². The Morgan fingerprint density at radius 1 is 1.08 bits per heavy atom. The summed E-state index contributed by atoms with van der Waals surface area (Å²) in [6, 6.07) is 5.52. The number of benzene rings is 1. The zero-order chi connectivity index (χ0) is 18.9. The number of carbonyl (C=O) groups is 3. The van der Waals surface area contributed by atoms with Gasteiger partial charge in [-0.15, -0.1) is 0 Å². The lowest BCUT2D eigenvalue weighted by atomic mass is 10.2. The second kappa shape index (κ2) is 9.63. The van der Waals surface area contributed by atoms with Crippen molar-refractivity contribution in [3.05, 3.63) is 29.8 Å². The molecule has 0 spiro atoms. The van der Waals surface area contributed by atoms with E-state index < -0.39 is 23.6 Å². The Hall–Kier alpha value is -2.61. The summed E-state index contributed by atoms with van der Waals surface area (Å²) in [5.74, 6) is -1.28. The summed E-state index contributed by atoms with van der Waals surface area (Å²) < 4.78 is 15.3. The maximum absolute atomic E-state index is 11.6. The summed E-state index contributed by atoms with van der Waals surface area (Å²) in [4.78, 5) is 33.7. The monoisotopic (exact) mass is 353 g/mol. The predicted octanol–water partition coefficient (Wildman–Crippen LogP) is 2.22. The third kappa shape index (κ3) is 9.31. The molecule has 0 saturated heterocycles. The van der Waals surface area contributed by atoms with Crippen LogP contribution in [0.15, 0.2) is 24.3 Å². The Kier molecular flexibility index (Phi) is 7.87. The number of ether oxygens (including phenoxy) is 3. The first-order valence-electron chi connectivity index (χ1n) is 7.76. The second-order valence-corrected chi connectivity index (χ2v) is 6.09. The Labute approximate surface area is 146 Å². The predicted molar refractivity (Wildman–Crippen MR) is 88.7 cm³/mol. The minimum Gasteiger partial charge on any atom is -0.478 e. The Morgan fingerprint density at radius 2 is 1.72 bits per heavy atom. The summed E-state index contributed by atoms with van der Waals surface area (Å²) in [5, 5.41) is 11.3. The van der Waals surface area contributed by atoms with Crippen LogP contribution in [0.1, 0.15) is 37.6 Å². The van der Waals surface area contributed by atoms with Crippen molar-refractivity contribution in [3.63, 3.8) is 0 Å². The number of carboxylic acids is 1. The van der Waals surface area contributed by atoms with Gasteiger partial charge in [0.15, 0.2) is 0 Å². The van der Waals surface area contributed by atoms with E-state index in [1.54, 1.807) is 20.8 Å². The maximum Gasteiger partial charge on any atom is 0.407 e. The van der Waals surface area contributed by atoms with Crippen LogP contribution in [0, 0.1) is 0 Å². The highest BCUT2D eigenvalue weighted by atomic mass is 16.6. The van der Waals surface area contributed by atoms with Crippen molar-refractivity contribution >= 4 is 18.0 Å². The Bertz CT molecular complexity index is 590. The number of rotatable bonds is 8. The molecule has 0 atom stereocenters. The van der Waals surface area contributed by atoms with Crippen LogP contribution in [0.5, 0.6) is 5.75 Å². The number of alkyl carbamates (subject to hydrolysis) is 1. The van der Waals surface area contributed by atoms with Crippen molar-refractivity contribution in [1.82, 2.24) is 5.32 Å². The molecule has 25 heavy (non-hydrogen) atoms. The van der Waals surface area contributed by atoms with E-state index in [4.69, 9.17) is 19.3 Å². The van der Waals surface area contributed by atoms with E-state index >= 15 is 0 Å². The first-order chi connectivity index (χ1) is 11.7. The summed E-state index contributed by atoms with van der Waals surface area (Å²) in [5.41, 5.74) is -0.446. The molecule has 138 valence electrons. The molecule has 1 amide bonds. The normalized spacial score (nSPS) is 10.8. The van der Waals surface area contributed by atoms with Gasteiger partial charge in [-0.25, -0.2) is 9.59 Å². The Morgan fingerprint density at radius 3 is 2.28 bits per heavy atom. The highest BCUT2D eigenvalue weighted by Gasteiger charge is 2.15. The van der Waals surface area contributed by atoms with Crippen molar-refractivity contribution in [3.8, 4) is 5.75 Å². The molecule has 1 rings (SSSR count). The molecule has 0 radical (unpaired) electrons. The third-order valence-electron chi connectivity index (χ3n) is 2.70. The molecule has 0 bridgehead atoms. The lowest BCUT2D eigenvalue weighted by molar-refractivity contribution is -0.135. The molecule has 0 heterocycles. The van der Waals surface area contributed by atoms with Crippen LogP contribution in [0.25, 0.3) is 0 Å². The zero-order valence-corrected chi connectivity index (χ0v) is 14.5. The van der Waals surface area contributed by atoms with Crippen molar-refractivity contribution in [1.29, 1.82) is 0 Å². The van der Waals surface area contributed by atoms with Gasteiger partial charge in [0.2, 0.25) is 0 Å². The molecule has 2 N–H and O–H groups in total. The topological polar surface area (TPSA) is 111 Å². The van der Waals surface area contributed by atoms with Crippen LogP contribution >= 0.6 is 0 Å². The summed E-state index contributed by atoms with van der Waals surface area (Å²) in [7, 11) is 0. The van der Waals surface area contributed by atoms with Crippen LogP contribution in [-0.4, -0.2) is 48.5 Å². The standard InChI is InChI=1S/C17H23NO7/c1-17(2,3)25-16(22)18-9-11-23-10-8-14(19)24-13-6-4-12(5-7-13)15(20)21/h4-7H,8-11H2,1-3H3,(H,18,22)(H,20,21). The number of hydrogen-bond acceptors (Lipinski definition) is 6. The number of hydrogen-bond donors (Lipinski definition) is 2. The van der Waals surface area contributed by atoms with Gasteiger partial charge < -0.3 is 24.6 Å². The van der Waals surface area contributed by atoms with Crippen LogP contribution in [0.3, 0.4) is 0 Å². The summed E-state index contributed by atoms with van der Waals surface area (Å²) in [6.45, 7) is 5.94. The SMILES string of the molecule is CC(C)(C)OC(=O)NCCOCCC(=O)Oc1ccc(C(=O)O)cc1. The molecular weight excluding hydrogens is 330 g/mol. The van der Waals surface area contributed by atoms with Crippen molar-refractivity contribution < 1.29 is 33.7 Å². The molecule has 0 aliphatic carbocycles. The molecular formula is C17H23NO7. The number of carboxylic acid groups (broad SMARTS) is 1. The molecule has 8 nitrogen and oxygen atoms in total. The number of nitrogens with one attached hydrogen (secondary N) is 1. The molecule has 0 aliphatic heterocycles. The minimum atomic E-state index is -1.05. The molecule has 0 aliphatic rings. The summed E-state index contributed by atoms with van der Waals surface area (Å²) in [6.07, 6.45) is -0.493. The fourth-order valence-corrected chi connectivity index (χ4v) is 1.65. The Balaban J connectivity index is 2.14. The van der Waals surface area contributed by atoms with E-state index in [-0.39, 0.29) is 37.5 Å². The van der Waals surface area contributed by atoms with Gasteiger partial charge in [0.25, 0.3) is 0 Å². The fourth-order valence-electron chi connectivity index (χ4n) is 1.65. The first kappa shape index (κ1) is 20.4. The van der Waals surface area contributed by atoms with Gasteiger partial charge in [-0.3, -0.25) is 4.79 Å². The van der Waals surface area contributed by atoms with Crippen LogP contribution in [0.2, 0.25) is 0 Å². The largest absolute Gasteiger partial charge is 0.478 e. The number of esters is 1. The molecule has 1 aromatic rings. The molecule has 0 aromatic heterocycles. The van der Waals surface area contributed by atoms with E-state index in [0.29, 0.717) is 0 Å². The van der Waals surface area contributed by atoms with Crippen LogP contribution < -0.4 is 10.1 Å². The number of carbonyl (C=O) groups excluding carboxylic acids is 2. The lowest BCUT2D eigenvalue weighted by Gasteiger charge is -2.19. The van der Waals surface area contributed by atoms with Gasteiger partial charge in [0.05, 0.1) is 25.2 Å². The molecule has 0 saturated carbocycles. The van der Waals surface area contributed by atoms with E-state index in [1.807, 2.05) is 0 Å². The zero-order valence-electron chi connectivity index (χ0n) is 14.5. The smallest absolute Gasteiger partial charge is 0.407 e. The molecule has 0 unspecified atom stereocenters. The van der Waals surface area contributed by atoms with Gasteiger partial charge in [-0.2, -0.15) is 0 Å². The third-order valence-corrected chi connectivity index (χ3v) is 2.70. The summed E-state index contributed by atoms with van der Waals surface area (Å²) >= 11 is 0. The minimum absolute atomic E-state index is 0.0348. The number of aromatic carboxylic acids is 1. The van der Waals surface area contributed by atoms with Crippen LogP contribution in [-0.2, 0) is 14.3 Å².